The minimum Gasteiger partial charge on any atom is -0.481 e. The number of carboxylic acid groups (broad SMARTS) is 1. The molecule has 8 heteroatoms. The zero-order valence-corrected chi connectivity index (χ0v) is 13.9. The van der Waals surface area contributed by atoms with Gasteiger partial charge in [-0.05, 0) is 30.5 Å². The molecule has 1 aromatic carbocycles. The molecular weight excluding hydrogens is 334 g/mol. The van der Waals surface area contributed by atoms with Crippen molar-refractivity contribution in [2.45, 2.75) is 19.4 Å². The Morgan fingerprint density at radius 2 is 1.92 bits per heavy atom. The molecule has 130 valence electrons. The predicted octanol–water partition coefficient (Wildman–Crippen LogP) is 1.46. The number of rotatable bonds is 5. The molecule has 24 heavy (non-hydrogen) atoms. The molecule has 0 unspecified atom stereocenters. The highest BCUT2D eigenvalue weighted by atomic mass is 35.5. The van der Waals surface area contributed by atoms with Gasteiger partial charge in [0.2, 0.25) is 5.91 Å². The number of carboxylic acids is 1. The Labute approximate surface area is 145 Å². The maximum atomic E-state index is 12.1. The second-order valence-corrected chi connectivity index (χ2v) is 6.12. The van der Waals surface area contributed by atoms with E-state index in [9.17, 15) is 14.4 Å². The van der Waals surface area contributed by atoms with Crippen LogP contribution in [0.4, 0.5) is 4.79 Å². The summed E-state index contributed by atoms with van der Waals surface area (Å²) in [5.74, 6) is -1.69. The highest BCUT2D eigenvalue weighted by Crippen LogP contribution is 2.16. The van der Waals surface area contributed by atoms with Crippen molar-refractivity contribution in [3.8, 4) is 0 Å². The SMILES string of the molecule is O=C(NCC(=O)N1CCC[C@H](C(=O)O)C1)NCc1ccc(Cl)cc1. The molecular formula is C16H20ClN3O4. The van der Waals surface area contributed by atoms with Gasteiger partial charge in [0, 0.05) is 24.7 Å². The second kappa shape index (κ2) is 8.54. The normalized spacial score (nSPS) is 17.2. The number of aliphatic carboxylic acids is 1. The fraction of sp³-hybridized carbons (Fsp3) is 0.438. The lowest BCUT2D eigenvalue weighted by atomic mass is 9.98. The Bertz CT molecular complexity index is 606. The van der Waals surface area contributed by atoms with E-state index in [2.05, 4.69) is 10.6 Å². The number of halogens is 1. The van der Waals surface area contributed by atoms with Crippen LogP contribution in [0.2, 0.25) is 5.02 Å². The van der Waals surface area contributed by atoms with Crippen molar-refractivity contribution in [1.82, 2.24) is 15.5 Å². The number of carbonyl (C=O) groups excluding carboxylic acids is 2. The van der Waals surface area contributed by atoms with Crippen molar-refractivity contribution in [1.29, 1.82) is 0 Å². The number of piperidine rings is 1. The van der Waals surface area contributed by atoms with Gasteiger partial charge in [-0.1, -0.05) is 23.7 Å². The standard InChI is InChI=1S/C16H20ClN3O4/c17-13-5-3-11(4-6-13)8-18-16(24)19-9-14(21)20-7-1-2-12(10-20)15(22)23/h3-6,12H,1-2,7-10H2,(H,22,23)(H2,18,19,24)/t12-/m0/s1. The lowest BCUT2D eigenvalue weighted by Crippen LogP contribution is -2.47. The van der Waals surface area contributed by atoms with Crippen LogP contribution in [0.1, 0.15) is 18.4 Å². The molecule has 0 spiro atoms. The first kappa shape index (κ1) is 18.1. The summed E-state index contributed by atoms with van der Waals surface area (Å²) in [5.41, 5.74) is 0.890. The first-order chi connectivity index (χ1) is 11.5. The molecule has 2 rings (SSSR count). The molecule has 1 aromatic rings. The molecule has 0 saturated carbocycles. The molecule has 3 N–H and O–H groups in total. The Kier molecular flexibility index (Phi) is 6.43. The van der Waals surface area contributed by atoms with Crippen LogP contribution in [-0.4, -0.2) is 47.5 Å². The van der Waals surface area contributed by atoms with E-state index < -0.39 is 17.9 Å². The largest absolute Gasteiger partial charge is 0.481 e. The zero-order valence-electron chi connectivity index (χ0n) is 13.1. The number of amides is 3. The topological polar surface area (TPSA) is 98.7 Å². The summed E-state index contributed by atoms with van der Waals surface area (Å²) < 4.78 is 0. The molecule has 0 aliphatic carbocycles. The van der Waals surface area contributed by atoms with Gasteiger partial charge in [-0.3, -0.25) is 9.59 Å². The summed E-state index contributed by atoms with van der Waals surface area (Å²) in [6, 6.07) is 6.61. The number of nitrogens with one attached hydrogen (secondary N) is 2. The van der Waals surface area contributed by atoms with E-state index in [1.54, 1.807) is 24.3 Å². The van der Waals surface area contributed by atoms with Gasteiger partial charge in [0.25, 0.3) is 0 Å². The van der Waals surface area contributed by atoms with Crippen LogP contribution in [0.5, 0.6) is 0 Å². The Morgan fingerprint density at radius 3 is 2.58 bits per heavy atom. The van der Waals surface area contributed by atoms with E-state index >= 15 is 0 Å². The van der Waals surface area contributed by atoms with Gasteiger partial charge in [-0.25, -0.2) is 4.79 Å². The fourth-order valence-electron chi connectivity index (χ4n) is 2.52. The van der Waals surface area contributed by atoms with Crippen molar-refractivity contribution in [2.24, 2.45) is 5.92 Å². The van der Waals surface area contributed by atoms with Crippen LogP contribution in [0.25, 0.3) is 0 Å². The Hall–Kier alpha value is -2.28. The van der Waals surface area contributed by atoms with Gasteiger partial charge in [0.05, 0.1) is 12.5 Å². The highest BCUT2D eigenvalue weighted by Gasteiger charge is 2.27. The van der Waals surface area contributed by atoms with E-state index in [0.29, 0.717) is 31.0 Å². The number of hydrogen-bond donors (Lipinski definition) is 3. The van der Waals surface area contributed by atoms with Crippen LogP contribution < -0.4 is 10.6 Å². The number of likely N-dealkylation sites (tertiary alicyclic amines) is 1. The highest BCUT2D eigenvalue weighted by molar-refractivity contribution is 6.30. The maximum Gasteiger partial charge on any atom is 0.315 e. The van der Waals surface area contributed by atoms with Gasteiger partial charge in [-0.15, -0.1) is 0 Å². The third-order valence-electron chi connectivity index (χ3n) is 3.89. The summed E-state index contributed by atoms with van der Waals surface area (Å²) in [7, 11) is 0. The van der Waals surface area contributed by atoms with Crippen LogP contribution >= 0.6 is 11.6 Å². The van der Waals surface area contributed by atoms with Crippen molar-refractivity contribution < 1.29 is 19.5 Å². The second-order valence-electron chi connectivity index (χ2n) is 5.68. The minimum absolute atomic E-state index is 0.154. The van der Waals surface area contributed by atoms with Crippen molar-refractivity contribution >= 4 is 29.5 Å². The van der Waals surface area contributed by atoms with Crippen LogP contribution in [-0.2, 0) is 16.1 Å². The third kappa shape index (κ3) is 5.42. The van der Waals surface area contributed by atoms with Gasteiger partial charge in [-0.2, -0.15) is 0 Å². The van der Waals surface area contributed by atoms with E-state index in [1.807, 2.05) is 0 Å². The molecule has 3 amide bonds. The van der Waals surface area contributed by atoms with E-state index in [4.69, 9.17) is 16.7 Å². The monoisotopic (exact) mass is 353 g/mol. The molecule has 7 nitrogen and oxygen atoms in total. The number of urea groups is 1. The van der Waals surface area contributed by atoms with Crippen LogP contribution in [0, 0.1) is 5.92 Å². The molecule has 1 saturated heterocycles. The van der Waals surface area contributed by atoms with Crippen LogP contribution in [0.3, 0.4) is 0 Å². The predicted molar refractivity (Wildman–Crippen MR) is 88.6 cm³/mol. The zero-order chi connectivity index (χ0) is 17.5. The van der Waals surface area contributed by atoms with Gasteiger partial charge in [0.1, 0.15) is 0 Å². The molecule has 1 aliphatic rings. The Morgan fingerprint density at radius 1 is 1.21 bits per heavy atom. The quantitative estimate of drug-likeness (QED) is 0.746. The smallest absolute Gasteiger partial charge is 0.315 e. The molecule has 0 radical (unpaired) electrons. The summed E-state index contributed by atoms with van der Waals surface area (Å²) in [4.78, 5) is 36.3. The average molecular weight is 354 g/mol. The molecule has 0 bridgehead atoms. The van der Waals surface area contributed by atoms with Gasteiger partial charge >= 0.3 is 12.0 Å². The number of carbonyl (C=O) groups is 3. The molecule has 1 fully saturated rings. The first-order valence-electron chi connectivity index (χ1n) is 7.72. The molecule has 0 aromatic heterocycles. The average Bonchev–Trinajstić information content (AvgIpc) is 2.59. The number of nitrogens with zero attached hydrogens (tertiary/aromatic N) is 1. The Balaban J connectivity index is 1.71. The lowest BCUT2D eigenvalue weighted by Gasteiger charge is -2.30. The van der Waals surface area contributed by atoms with Crippen LogP contribution in [0.15, 0.2) is 24.3 Å². The summed E-state index contributed by atoms with van der Waals surface area (Å²) in [6.45, 7) is 0.889. The van der Waals surface area contributed by atoms with Crippen molar-refractivity contribution in [2.75, 3.05) is 19.6 Å². The summed E-state index contributed by atoms with van der Waals surface area (Å²) in [6.07, 6.45) is 1.24. The first-order valence-corrected chi connectivity index (χ1v) is 8.10. The molecule has 1 aliphatic heterocycles. The molecule has 1 heterocycles. The maximum absolute atomic E-state index is 12.1. The van der Waals surface area contributed by atoms with E-state index in [0.717, 1.165) is 5.56 Å². The fourth-order valence-corrected chi connectivity index (χ4v) is 2.65. The summed E-state index contributed by atoms with van der Waals surface area (Å²) >= 11 is 5.78. The van der Waals surface area contributed by atoms with Crippen molar-refractivity contribution in [3.63, 3.8) is 0 Å². The van der Waals surface area contributed by atoms with Crippen molar-refractivity contribution in [3.05, 3.63) is 34.9 Å². The number of benzene rings is 1. The molecule has 1 atom stereocenters. The van der Waals surface area contributed by atoms with Gasteiger partial charge < -0.3 is 20.6 Å². The summed E-state index contributed by atoms with van der Waals surface area (Å²) in [5, 5.41) is 14.8. The van der Waals surface area contributed by atoms with Gasteiger partial charge in [0.15, 0.2) is 0 Å². The van der Waals surface area contributed by atoms with E-state index in [-0.39, 0.29) is 19.0 Å². The minimum atomic E-state index is -0.888. The number of hydrogen-bond acceptors (Lipinski definition) is 3. The third-order valence-corrected chi connectivity index (χ3v) is 4.14. The van der Waals surface area contributed by atoms with E-state index in [1.165, 1.54) is 4.90 Å². The lowest BCUT2D eigenvalue weighted by molar-refractivity contribution is -0.145.